The normalized spacial score (nSPS) is 15.6. The smallest absolute Gasteiger partial charge is 0.262 e. The summed E-state index contributed by atoms with van der Waals surface area (Å²) in [5, 5.41) is 21.3. The Morgan fingerprint density at radius 2 is 2.35 bits per heavy atom. The van der Waals surface area contributed by atoms with Crippen molar-refractivity contribution in [1.82, 2.24) is 0 Å². The predicted molar refractivity (Wildman–Crippen MR) is 62.6 cm³/mol. The molecule has 0 saturated carbocycles. The van der Waals surface area contributed by atoms with Crippen LogP contribution in [0.15, 0.2) is 12.1 Å². The van der Waals surface area contributed by atoms with Crippen molar-refractivity contribution in [3.63, 3.8) is 0 Å². The third-order valence-corrected chi connectivity index (χ3v) is 2.94. The summed E-state index contributed by atoms with van der Waals surface area (Å²) in [6.07, 6.45) is -0.825. The Balaban J connectivity index is 2.50. The van der Waals surface area contributed by atoms with E-state index in [-0.39, 0.29) is 18.3 Å². The monoisotopic (exact) mass is 303 g/mol. The van der Waals surface area contributed by atoms with E-state index in [4.69, 9.17) is 9.99 Å². The molecule has 92 valence electrons. The van der Waals surface area contributed by atoms with Gasteiger partial charge in [-0.25, -0.2) is 5.26 Å². The largest absolute Gasteiger partial charge is 0.481 e. The minimum atomic E-state index is -0.825. The molecule has 0 saturated heterocycles. The Hall–Kier alpha value is -1.31. The van der Waals surface area contributed by atoms with Crippen LogP contribution in [-0.4, -0.2) is 28.2 Å². The van der Waals surface area contributed by atoms with E-state index >= 15 is 0 Å². The Morgan fingerprint density at radius 1 is 1.59 bits per heavy atom. The zero-order valence-electron chi connectivity index (χ0n) is 8.64. The quantitative estimate of drug-likeness (QED) is 0.445. The van der Waals surface area contributed by atoms with E-state index in [0.717, 1.165) is 0 Å². The lowest BCUT2D eigenvalue weighted by molar-refractivity contribution is -0.137. The number of nitrogens with one attached hydrogen (secondary N) is 1. The molecule has 17 heavy (non-hydrogen) atoms. The molecule has 1 heterocycles. The van der Waals surface area contributed by atoms with Crippen LogP contribution in [0, 0.1) is 0 Å². The average molecular weight is 304 g/mol. The number of amides is 1. The number of aliphatic hydroxyl groups excluding tert-OH is 1. The summed E-state index contributed by atoms with van der Waals surface area (Å²) in [6, 6.07) is 2.86. The molecule has 1 amide bonds. The van der Waals surface area contributed by atoms with Gasteiger partial charge >= 0.3 is 0 Å². The number of rotatable bonds is 3. The molecule has 0 bridgehead atoms. The van der Waals surface area contributed by atoms with Gasteiger partial charge in [0.25, 0.3) is 5.91 Å². The number of hydrogen-bond donors (Lipinski definition) is 3. The van der Waals surface area contributed by atoms with Gasteiger partial charge in [-0.2, -0.15) is 0 Å². The first-order valence-electron chi connectivity index (χ1n) is 4.81. The minimum Gasteiger partial charge on any atom is -0.481 e. The number of carbonyl (C=O) groups is 1. The van der Waals surface area contributed by atoms with Gasteiger partial charge in [0.15, 0.2) is 12.4 Å². The third-order valence-electron chi connectivity index (χ3n) is 2.32. The van der Waals surface area contributed by atoms with Crippen LogP contribution in [0.2, 0.25) is 0 Å². The Kier molecular flexibility index (Phi) is 3.51. The number of halogens is 1. The van der Waals surface area contributed by atoms with Crippen LogP contribution in [0.3, 0.4) is 0 Å². The van der Waals surface area contributed by atoms with Crippen molar-refractivity contribution in [2.75, 3.05) is 17.3 Å². The average Bonchev–Trinajstić information content (AvgIpc) is 2.35. The summed E-state index contributed by atoms with van der Waals surface area (Å²) in [5.41, 5.74) is 0.797. The minimum absolute atomic E-state index is 0.103. The molecule has 0 aromatic heterocycles. The van der Waals surface area contributed by atoms with E-state index in [2.05, 4.69) is 26.1 Å². The fraction of sp³-hybridized carbons (Fsp3) is 0.300. The van der Waals surface area contributed by atoms with Crippen LogP contribution in [0.1, 0.15) is 11.7 Å². The zero-order valence-corrected chi connectivity index (χ0v) is 10.2. The number of benzene rings is 1. The summed E-state index contributed by atoms with van der Waals surface area (Å²) in [6.45, 7) is -0.103. The lowest BCUT2D eigenvalue weighted by Gasteiger charge is -2.22. The van der Waals surface area contributed by atoms with Gasteiger partial charge in [0.1, 0.15) is 5.75 Å². The second-order valence-corrected chi connectivity index (χ2v) is 4.13. The third kappa shape index (κ3) is 2.36. The van der Waals surface area contributed by atoms with Crippen LogP contribution in [0.4, 0.5) is 5.69 Å². The van der Waals surface area contributed by atoms with Crippen molar-refractivity contribution >= 4 is 27.5 Å². The number of hydrogen-bond acceptors (Lipinski definition) is 5. The predicted octanol–water partition coefficient (Wildman–Crippen LogP) is 1.30. The Morgan fingerprint density at radius 3 is 3.00 bits per heavy atom. The summed E-state index contributed by atoms with van der Waals surface area (Å²) in [4.78, 5) is 15.3. The van der Waals surface area contributed by atoms with Crippen LogP contribution in [0.25, 0.3) is 0 Å². The summed E-state index contributed by atoms with van der Waals surface area (Å²) < 4.78 is 5.26. The van der Waals surface area contributed by atoms with E-state index in [1.165, 1.54) is 12.1 Å². The van der Waals surface area contributed by atoms with E-state index in [0.29, 0.717) is 22.3 Å². The molecule has 1 aliphatic rings. The van der Waals surface area contributed by atoms with E-state index in [9.17, 15) is 9.90 Å². The molecule has 0 spiro atoms. The van der Waals surface area contributed by atoms with Crippen LogP contribution < -0.4 is 14.9 Å². The fourth-order valence-electron chi connectivity index (χ4n) is 1.59. The molecule has 1 aliphatic heterocycles. The number of aliphatic hydroxyl groups is 1. The number of fused-ring (bicyclic) bond motifs is 1. The number of carbonyl (C=O) groups excluding carboxylic acids is 1. The second kappa shape index (κ2) is 4.91. The lowest BCUT2D eigenvalue weighted by atomic mass is 10.1. The van der Waals surface area contributed by atoms with E-state index in [1.54, 1.807) is 0 Å². The summed E-state index contributed by atoms with van der Waals surface area (Å²) >= 11 is 3.14. The van der Waals surface area contributed by atoms with Gasteiger partial charge in [0.2, 0.25) is 0 Å². The Bertz CT molecular complexity index is 451. The molecular weight excluding hydrogens is 294 g/mol. The van der Waals surface area contributed by atoms with E-state index in [1.807, 2.05) is 0 Å². The standard InChI is InChI=1S/C10H10BrNO5/c11-3-8(13)6-1-5(17-15)2-7-10(6)16-4-9(14)12-7/h1-2,8,13,15H,3-4H2,(H,12,14)/t8-/m0/s1. The first-order valence-corrected chi connectivity index (χ1v) is 5.94. The molecule has 0 fully saturated rings. The van der Waals surface area contributed by atoms with E-state index < -0.39 is 6.10 Å². The molecule has 0 aliphatic carbocycles. The van der Waals surface area contributed by atoms with Crippen LogP contribution >= 0.6 is 15.9 Å². The molecule has 1 aromatic carbocycles. The highest BCUT2D eigenvalue weighted by atomic mass is 79.9. The molecule has 0 unspecified atom stereocenters. The number of anilines is 1. The van der Waals surface area contributed by atoms with Gasteiger partial charge in [-0.05, 0) is 6.07 Å². The van der Waals surface area contributed by atoms with Crippen molar-refractivity contribution < 1.29 is 24.8 Å². The highest BCUT2D eigenvalue weighted by Crippen LogP contribution is 2.39. The highest BCUT2D eigenvalue weighted by molar-refractivity contribution is 9.09. The van der Waals surface area contributed by atoms with Gasteiger partial charge in [-0.15, -0.1) is 0 Å². The van der Waals surface area contributed by atoms with Gasteiger partial charge < -0.3 is 20.0 Å². The molecular formula is C10H10BrNO5. The molecule has 1 atom stereocenters. The topological polar surface area (TPSA) is 88.0 Å². The maximum absolute atomic E-state index is 11.2. The first kappa shape index (κ1) is 12.2. The molecule has 3 N–H and O–H groups in total. The molecule has 0 radical (unpaired) electrons. The zero-order chi connectivity index (χ0) is 12.4. The fourth-order valence-corrected chi connectivity index (χ4v) is 1.93. The van der Waals surface area contributed by atoms with Gasteiger partial charge in [0, 0.05) is 17.0 Å². The Labute approximate surface area is 105 Å². The van der Waals surface area contributed by atoms with Crippen molar-refractivity contribution in [2.45, 2.75) is 6.10 Å². The first-order chi connectivity index (χ1) is 8.15. The maximum atomic E-state index is 11.2. The molecule has 2 rings (SSSR count). The van der Waals surface area contributed by atoms with Crippen molar-refractivity contribution in [3.8, 4) is 11.5 Å². The van der Waals surface area contributed by atoms with Gasteiger partial charge in [-0.3, -0.25) is 4.79 Å². The molecule has 6 nitrogen and oxygen atoms in total. The van der Waals surface area contributed by atoms with Gasteiger partial charge in [-0.1, -0.05) is 15.9 Å². The highest BCUT2D eigenvalue weighted by Gasteiger charge is 2.24. The van der Waals surface area contributed by atoms with Crippen LogP contribution in [-0.2, 0) is 4.79 Å². The summed E-state index contributed by atoms with van der Waals surface area (Å²) in [5.74, 6) is 0.203. The SMILES string of the molecule is O=C1COc2c(cc(OO)cc2[C@@H](O)CBr)N1. The lowest BCUT2D eigenvalue weighted by Crippen LogP contribution is -2.26. The summed E-state index contributed by atoms with van der Waals surface area (Å²) in [7, 11) is 0. The number of ether oxygens (including phenoxy) is 1. The second-order valence-electron chi connectivity index (χ2n) is 3.49. The molecule has 7 heteroatoms. The van der Waals surface area contributed by atoms with Crippen molar-refractivity contribution in [3.05, 3.63) is 17.7 Å². The van der Waals surface area contributed by atoms with Gasteiger partial charge in [0.05, 0.1) is 11.8 Å². The van der Waals surface area contributed by atoms with Crippen molar-refractivity contribution in [2.24, 2.45) is 0 Å². The number of alkyl halides is 1. The van der Waals surface area contributed by atoms with Crippen LogP contribution in [0.5, 0.6) is 11.5 Å². The van der Waals surface area contributed by atoms with Crippen molar-refractivity contribution in [1.29, 1.82) is 0 Å². The maximum Gasteiger partial charge on any atom is 0.262 e. The molecule has 1 aromatic rings.